The topological polar surface area (TPSA) is 73.9 Å². The van der Waals surface area contributed by atoms with E-state index in [2.05, 4.69) is 17.1 Å². The first-order chi connectivity index (χ1) is 15.2. The van der Waals surface area contributed by atoms with Crippen LogP contribution in [-0.4, -0.2) is 27.6 Å². The molecule has 5 nitrogen and oxygen atoms in total. The fourth-order valence-electron chi connectivity index (χ4n) is 3.51. The standard InChI is InChI=1S/C24H19ClN4OS/c25-18-7-4-8-19-20(18)21-22(31-19)24(29-23(28-21)16-9-11-27-12-10-16)30-14-17(26)13-15-5-2-1-3-6-15/h1-12,17H,13-14,26H2. The van der Waals surface area contributed by atoms with Crippen molar-refractivity contribution in [3.63, 3.8) is 0 Å². The van der Waals surface area contributed by atoms with Crippen molar-refractivity contribution in [2.24, 2.45) is 5.73 Å². The van der Waals surface area contributed by atoms with Crippen LogP contribution in [0, 0.1) is 0 Å². The van der Waals surface area contributed by atoms with Gasteiger partial charge in [0, 0.05) is 34.1 Å². The zero-order chi connectivity index (χ0) is 21.2. The molecule has 0 aliphatic rings. The molecular weight excluding hydrogens is 428 g/mol. The summed E-state index contributed by atoms with van der Waals surface area (Å²) in [5.41, 5.74) is 9.18. The van der Waals surface area contributed by atoms with Gasteiger partial charge in [-0.25, -0.2) is 4.98 Å². The molecule has 0 aliphatic heterocycles. The number of nitrogens with zero attached hydrogens (tertiary/aromatic N) is 3. The summed E-state index contributed by atoms with van der Waals surface area (Å²) in [6.07, 6.45) is 4.17. The summed E-state index contributed by atoms with van der Waals surface area (Å²) >= 11 is 8.10. The quantitative estimate of drug-likeness (QED) is 0.372. The normalized spacial score (nSPS) is 12.3. The number of ether oxygens (including phenoxy) is 1. The lowest BCUT2D eigenvalue weighted by Gasteiger charge is -2.14. The monoisotopic (exact) mass is 446 g/mol. The second kappa shape index (κ2) is 8.59. The molecule has 3 aromatic heterocycles. The highest BCUT2D eigenvalue weighted by atomic mass is 35.5. The molecule has 0 saturated heterocycles. The number of fused-ring (bicyclic) bond motifs is 3. The number of thiophene rings is 1. The molecule has 0 fully saturated rings. The van der Waals surface area contributed by atoms with E-state index in [-0.39, 0.29) is 6.04 Å². The zero-order valence-electron chi connectivity index (χ0n) is 16.5. The van der Waals surface area contributed by atoms with Crippen molar-refractivity contribution in [2.75, 3.05) is 6.61 Å². The van der Waals surface area contributed by atoms with Crippen LogP contribution >= 0.6 is 22.9 Å². The number of hydrogen-bond donors (Lipinski definition) is 1. The van der Waals surface area contributed by atoms with Gasteiger partial charge in [-0.05, 0) is 36.2 Å². The smallest absolute Gasteiger partial charge is 0.235 e. The van der Waals surface area contributed by atoms with Crippen molar-refractivity contribution < 1.29 is 4.74 Å². The minimum Gasteiger partial charge on any atom is -0.475 e. The zero-order valence-corrected chi connectivity index (χ0v) is 18.1. The largest absolute Gasteiger partial charge is 0.475 e. The lowest BCUT2D eigenvalue weighted by Crippen LogP contribution is -2.30. The van der Waals surface area contributed by atoms with Crippen molar-refractivity contribution in [3.05, 3.63) is 83.6 Å². The molecule has 5 aromatic rings. The van der Waals surface area contributed by atoms with Gasteiger partial charge in [-0.1, -0.05) is 48.0 Å². The van der Waals surface area contributed by atoms with Crippen LogP contribution in [0.3, 0.4) is 0 Å². The Morgan fingerprint density at radius 1 is 0.968 bits per heavy atom. The van der Waals surface area contributed by atoms with Crippen LogP contribution < -0.4 is 10.5 Å². The third-order valence-corrected chi connectivity index (χ3v) is 6.42. The maximum absolute atomic E-state index is 6.52. The summed E-state index contributed by atoms with van der Waals surface area (Å²) < 4.78 is 8.07. The van der Waals surface area contributed by atoms with Gasteiger partial charge >= 0.3 is 0 Å². The van der Waals surface area contributed by atoms with Gasteiger partial charge in [0.2, 0.25) is 5.88 Å². The molecule has 0 bridgehead atoms. The lowest BCUT2D eigenvalue weighted by molar-refractivity contribution is 0.281. The number of hydrogen-bond acceptors (Lipinski definition) is 6. The van der Waals surface area contributed by atoms with Crippen LogP contribution in [0.5, 0.6) is 5.88 Å². The third-order valence-electron chi connectivity index (χ3n) is 4.97. The Bertz CT molecular complexity index is 1340. The van der Waals surface area contributed by atoms with E-state index in [0.29, 0.717) is 23.3 Å². The molecule has 1 atom stereocenters. The van der Waals surface area contributed by atoms with Gasteiger partial charge in [0.25, 0.3) is 0 Å². The van der Waals surface area contributed by atoms with Crippen LogP contribution in [0.1, 0.15) is 5.56 Å². The second-order valence-electron chi connectivity index (χ2n) is 7.24. The number of halogens is 1. The van der Waals surface area contributed by atoms with E-state index in [4.69, 9.17) is 32.0 Å². The van der Waals surface area contributed by atoms with E-state index in [1.54, 1.807) is 23.7 Å². The highest BCUT2D eigenvalue weighted by Crippen LogP contribution is 2.41. The molecule has 2 aromatic carbocycles. The van der Waals surface area contributed by atoms with E-state index in [1.807, 2.05) is 48.5 Å². The van der Waals surface area contributed by atoms with Crippen molar-refractivity contribution in [3.8, 4) is 17.3 Å². The Morgan fingerprint density at radius 3 is 2.58 bits per heavy atom. The van der Waals surface area contributed by atoms with Gasteiger partial charge in [0.15, 0.2) is 5.82 Å². The maximum Gasteiger partial charge on any atom is 0.235 e. The predicted octanol–water partition coefficient (Wildman–Crippen LogP) is 5.51. The molecule has 0 radical (unpaired) electrons. The molecule has 0 spiro atoms. The summed E-state index contributed by atoms with van der Waals surface area (Å²) in [4.78, 5) is 13.6. The van der Waals surface area contributed by atoms with E-state index in [1.165, 1.54) is 5.56 Å². The summed E-state index contributed by atoms with van der Waals surface area (Å²) in [7, 11) is 0. The van der Waals surface area contributed by atoms with Crippen LogP contribution in [-0.2, 0) is 6.42 Å². The first kappa shape index (κ1) is 19.9. The SMILES string of the molecule is NC(COc1nc(-c2ccncc2)nc2c1sc1cccc(Cl)c12)Cc1ccccc1. The van der Waals surface area contributed by atoms with Crippen molar-refractivity contribution in [1.82, 2.24) is 15.0 Å². The summed E-state index contributed by atoms with van der Waals surface area (Å²) in [5, 5.41) is 1.58. The van der Waals surface area contributed by atoms with Crippen LogP contribution in [0.25, 0.3) is 31.7 Å². The van der Waals surface area contributed by atoms with Crippen LogP contribution in [0.15, 0.2) is 73.1 Å². The number of aromatic nitrogens is 3. The molecule has 0 saturated carbocycles. The van der Waals surface area contributed by atoms with Gasteiger partial charge in [0.1, 0.15) is 11.3 Å². The van der Waals surface area contributed by atoms with Gasteiger partial charge in [-0.15, -0.1) is 11.3 Å². The predicted molar refractivity (Wildman–Crippen MR) is 127 cm³/mol. The van der Waals surface area contributed by atoms with Gasteiger partial charge in [0.05, 0.1) is 10.5 Å². The maximum atomic E-state index is 6.52. The number of pyridine rings is 1. The Labute approximate surface area is 188 Å². The molecule has 3 heterocycles. The van der Waals surface area contributed by atoms with Crippen LogP contribution in [0.2, 0.25) is 5.02 Å². The minimum atomic E-state index is -0.158. The molecule has 154 valence electrons. The summed E-state index contributed by atoms with van der Waals surface area (Å²) in [5.74, 6) is 1.10. The summed E-state index contributed by atoms with van der Waals surface area (Å²) in [6, 6.07) is 19.6. The van der Waals surface area contributed by atoms with Gasteiger partial charge in [-0.3, -0.25) is 4.98 Å². The fourth-order valence-corrected chi connectivity index (χ4v) is 4.94. The van der Waals surface area contributed by atoms with Crippen molar-refractivity contribution >= 4 is 43.2 Å². The van der Waals surface area contributed by atoms with Crippen molar-refractivity contribution in [1.29, 1.82) is 0 Å². The number of rotatable bonds is 6. The Balaban J connectivity index is 1.54. The average Bonchev–Trinajstić information content (AvgIpc) is 3.19. The molecule has 1 unspecified atom stereocenters. The molecular formula is C24H19ClN4OS. The highest BCUT2D eigenvalue weighted by molar-refractivity contribution is 7.26. The molecule has 7 heteroatoms. The van der Waals surface area contributed by atoms with Crippen molar-refractivity contribution in [2.45, 2.75) is 12.5 Å². The molecule has 31 heavy (non-hydrogen) atoms. The summed E-state index contributed by atoms with van der Waals surface area (Å²) in [6.45, 7) is 0.346. The Kier molecular flexibility index (Phi) is 5.51. The van der Waals surface area contributed by atoms with E-state index < -0.39 is 0 Å². The average molecular weight is 447 g/mol. The van der Waals surface area contributed by atoms with Crippen LogP contribution in [0.4, 0.5) is 0 Å². The minimum absolute atomic E-state index is 0.158. The number of benzene rings is 2. The fraction of sp³-hybridized carbons (Fsp3) is 0.125. The van der Waals surface area contributed by atoms with Gasteiger partial charge in [-0.2, -0.15) is 4.98 Å². The first-order valence-electron chi connectivity index (χ1n) is 9.90. The van der Waals surface area contributed by atoms with E-state index >= 15 is 0 Å². The molecule has 0 amide bonds. The second-order valence-corrected chi connectivity index (χ2v) is 8.70. The first-order valence-corrected chi connectivity index (χ1v) is 11.1. The third kappa shape index (κ3) is 4.10. The molecule has 2 N–H and O–H groups in total. The number of nitrogens with two attached hydrogens (primary N) is 1. The Morgan fingerprint density at radius 2 is 1.77 bits per heavy atom. The lowest BCUT2D eigenvalue weighted by atomic mass is 10.1. The van der Waals surface area contributed by atoms with E-state index in [9.17, 15) is 0 Å². The molecule has 0 aliphatic carbocycles. The molecule has 5 rings (SSSR count). The Hall–Kier alpha value is -3.06. The highest BCUT2D eigenvalue weighted by Gasteiger charge is 2.18. The van der Waals surface area contributed by atoms with E-state index in [0.717, 1.165) is 32.3 Å². The van der Waals surface area contributed by atoms with Gasteiger partial charge < -0.3 is 10.5 Å².